The van der Waals surface area contributed by atoms with Gasteiger partial charge in [-0.1, -0.05) is 22.0 Å². The molecule has 0 radical (unpaired) electrons. The Balaban J connectivity index is 1.73. The first-order chi connectivity index (χ1) is 14.0. The lowest BCUT2D eigenvalue weighted by atomic mass is 10.1. The molecule has 0 bridgehead atoms. The maximum Gasteiger partial charge on any atom is 0.257 e. The molecule has 3 rings (SSSR count). The molecule has 2 aromatic heterocycles. The number of hydrogen-bond acceptors (Lipinski definition) is 5. The van der Waals surface area contributed by atoms with Gasteiger partial charge in [0.1, 0.15) is 17.3 Å². The van der Waals surface area contributed by atoms with E-state index in [1.807, 2.05) is 31.4 Å². The number of benzene rings is 1. The van der Waals surface area contributed by atoms with Gasteiger partial charge in [0, 0.05) is 29.6 Å². The predicted octanol–water partition coefficient (Wildman–Crippen LogP) is 5.70. The normalized spacial score (nSPS) is 10.8. The van der Waals surface area contributed by atoms with E-state index in [-0.39, 0.29) is 12.0 Å². The van der Waals surface area contributed by atoms with E-state index in [1.165, 1.54) is 5.56 Å². The van der Waals surface area contributed by atoms with Gasteiger partial charge < -0.3 is 14.8 Å². The second-order valence-electron chi connectivity index (χ2n) is 6.73. The molecule has 0 fully saturated rings. The average Bonchev–Trinajstić information content (AvgIpc) is 3.21. The van der Waals surface area contributed by atoms with Crippen LogP contribution in [0.3, 0.4) is 0 Å². The van der Waals surface area contributed by atoms with Gasteiger partial charge in [-0.2, -0.15) is 11.3 Å². The minimum Gasteiger partial charge on any atom is -0.493 e. The summed E-state index contributed by atoms with van der Waals surface area (Å²) < 4.78 is 11.7. The smallest absolute Gasteiger partial charge is 0.257 e. The third-order valence-corrected chi connectivity index (χ3v) is 5.35. The number of hydrogen-bond donors (Lipinski definition) is 1. The van der Waals surface area contributed by atoms with E-state index in [0.717, 1.165) is 17.3 Å². The maximum atomic E-state index is 12.7. The van der Waals surface area contributed by atoms with Crippen LogP contribution < -0.4 is 14.8 Å². The Kier molecular flexibility index (Phi) is 7.66. The number of rotatable bonds is 9. The molecular weight excluding hydrogens is 452 g/mol. The lowest BCUT2D eigenvalue weighted by molar-refractivity contribution is 0.102. The van der Waals surface area contributed by atoms with Crippen LogP contribution in [0.25, 0.3) is 0 Å². The molecule has 0 aliphatic heterocycles. The third-order valence-electron chi connectivity index (χ3n) is 3.97. The van der Waals surface area contributed by atoms with Crippen molar-refractivity contribution in [3.8, 4) is 11.5 Å². The molecule has 7 heteroatoms. The van der Waals surface area contributed by atoms with Crippen molar-refractivity contribution < 1.29 is 14.3 Å². The standard InChI is InChI=1S/C22H23BrN2O3S/c1-15(2)28-20-10-18(22(26)25-21-4-3-17(12-23)13-24-21)9-19(11-20)27-7-5-16-6-8-29-14-16/h3-4,6,8-11,13-15H,5,7,12H2,1-2H3,(H,24,25,26). The van der Waals surface area contributed by atoms with E-state index >= 15 is 0 Å². The molecule has 5 nitrogen and oxygen atoms in total. The second kappa shape index (κ2) is 10.4. The minimum absolute atomic E-state index is 0.00886. The summed E-state index contributed by atoms with van der Waals surface area (Å²) >= 11 is 5.05. The molecule has 1 N–H and O–H groups in total. The number of halogens is 1. The van der Waals surface area contributed by atoms with Crippen LogP contribution in [0.1, 0.15) is 35.3 Å². The van der Waals surface area contributed by atoms with Crippen molar-refractivity contribution >= 4 is 39.0 Å². The number of alkyl halides is 1. The lowest BCUT2D eigenvalue weighted by Crippen LogP contribution is -2.14. The fourth-order valence-corrected chi connectivity index (χ4v) is 3.65. The highest BCUT2D eigenvalue weighted by Gasteiger charge is 2.12. The number of nitrogens with one attached hydrogen (secondary N) is 1. The summed E-state index contributed by atoms with van der Waals surface area (Å²) in [6.07, 6.45) is 2.52. The molecule has 1 aromatic carbocycles. The average molecular weight is 475 g/mol. The van der Waals surface area contributed by atoms with Crippen LogP contribution in [0.5, 0.6) is 11.5 Å². The van der Waals surface area contributed by atoms with Crippen molar-refractivity contribution in [1.29, 1.82) is 0 Å². The number of carbonyl (C=O) groups excluding carboxylic acids is 1. The highest BCUT2D eigenvalue weighted by atomic mass is 79.9. The van der Waals surface area contributed by atoms with Gasteiger partial charge in [0.25, 0.3) is 5.91 Å². The maximum absolute atomic E-state index is 12.7. The minimum atomic E-state index is -0.263. The molecule has 0 saturated carbocycles. The quantitative estimate of drug-likeness (QED) is 0.404. The van der Waals surface area contributed by atoms with Crippen molar-refractivity contribution in [2.24, 2.45) is 0 Å². The molecule has 152 valence electrons. The number of carbonyl (C=O) groups is 1. The number of pyridine rings is 1. The molecule has 0 unspecified atom stereocenters. The van der Waals surface area contributed by atoms with Gasteiger partial charge in [-0.25, -0.2) is 4.98 Å². The van der Waals surface area contributed by atoms with Crippen molar-refractivity contribution in [1.82, 2.24) is 4.98 Å². The summed E-state index contributed by atoms with van der Waals surface area (Å²) in [6.45, 7) is 4.41. The molecule has 0 aliphatic carbocycles. The van der Waals surface area contributed by atoms with Crippen LogP contribution in [0.15, 0.2) is 53.4 Å². The summed E-state index contributed by atoms with van der Waals surface area (Å²) in [7, 11) is 0. The Labute approximate surface area is 183 Å². The topological polar surface area (TPSA) is 60.5 Å². The zero-order valence-corrected chi connectivity index (χ0v) is 18.8. The first-order valence-electron chi connectivity index (χ1n) is 9.31. The lowest BCUT2D eigenvalue weighted by Gasteiger charge is -2.14. The van der Waals surface area contributed by atoms with E-state index in [0.29, 0.717) is 29.5 Å². The number of nitrogens with zero attached hydrogens (tertiary/aromatic N) is 1. The SMILES string of the molecule is CC(C)Oc1cc(OCCc2ccsc2)cc(C(=O)Nc2ccc(CBr)cn2)c1. The molecule has 3 aromatic rings. The molecule has 0 saturated heterocycles. The summed E-state index contributed by atoms with van der Waals surface area (Å²) in [5.41, 5.74) is 2.73. The monoisotopic (exact) mass is 474 g/mol. The Morgan fingerprint density at radius 2 is 2.00 bits per heavy atom. The number of ether oxygens (including phenoxy) is 2. The molecule has 0 aliphatic rings. The van der Waals surface area contributed by atoms with Crippen molar-refractivity contribution in [3.63, 3.8) is 0 Å². The third kappa shape index (κ3) is 6.58. The van der Waals surface area contributed by atoms with Gasteiger partial charge in [0.15, 0.2) is 0 Å². The van der Waals surface area contributed by atoms with E-state index in [1.54, 1.807) is 35.7 Å². The fraction of sp³-hybridized carbons (Fsp3) is 0.273. The van der Waals surface area contributed by atoms with Crippen LogP contribution >= 0.6 is 27.3 Å². The Morgan fingerprint density at radius 3 is 2.66 bits per heavy atom. The summed E-state index contributed by atoms with van der Waals surface area (Å²) in [6, 6.07) is 11.0. The predicted molar refractivity (Wildman–Crippen MR) is 121 cm³/mol. The van der Waals surface area contributed by atoms with Gasteiger partial charge >= 0.3 is 0 Å². The Hall–Kier alpha value is -2.38. The van der Waals surface area contributed by atoms with Crippen molar-refractivity contribution in [2.75, 3.05) is 11.9 Å². The van der Waals surface area contributed by atoms with Crippen LogP contribution in [-0.2, 0) is 11.8 Å². The number of aromatic nitrogens is 1. The van der Waals surface area contributed by atoms with E-state index in [4.69, 9.17) is 9.47 Å². The van der Waals surface area contributed by atoms with Crippen molar-refractivity contribution in [3.05, 3.63) is 70.0 Å². The molecule has 0 spiro atoms. The summed E-state index contributed by atoms with van der Waals surface area (Å²) in [4.78, 5) is 17.0. The zero-order chi connectivity index (χ0) is 20.6. The van der Waals surface area contributed by atoms with E-state index in [2.05, 4.69) is 37.7 Å². The molecule has 2 heterocycles. The highest BCUT2D eigenvalue weighted by Crippen LogP contribution is 2.25. The molecule has 1 amide bonds. The van der Waals surface area contributed by atoms with Crippen LogP contribution in [-0.4, -0.2) is 23.6 Å². The second-order valence-corrected chi connectivity index (χ2v) is 8.07. The Morgan fingerprint density at radius 1 is 1.17 bits per heavy atom. The van der Waals surface area contributed by atoms with Crippen molar-refractivity contribution in [2.45, 2.75) is 31.7 Å². The largest absolute Gasteiger partial charge is 0.493 e. The molecular formula is C22H23BrN2O3S. The Bertz CT molecular complexity index is 928. The number of amides is 1. The number of anilines is 1. The first-order valence-corrected chi connectivity index (χ1v) is 11.4. The van der Waals surface area contributed by atoms with Gasteiger partial charge in [0.05, 0.1) is 12.7 Å². The zero-order valence-electron chi connectivity index (χ0n) is 16.4. The fourth-order valence-electron chi connectivity index (χ4n) is 2.61. The van der Waals surface area contributed by atoms with Gasteiger partial charge in [-0.3, -0.25) is 4.79 Å². The number of thiophene rings is 1. The molecule has 0 atom stereocenters. The van der Waals surface area contributed by atoms with E-state index in [9.17, 15) is 4.79 Å². The van der Waals surface area contributed by atoms with Crippen LogP contribution in [0, 0.1) is 0 Å². The molecule has 29 heavy (non-hydrogen) atoms. The van der Waals surface area contributed by atoms with Crippen LogP contribution in [0.4, 0.5) is 5.82 Å². The van der Waals surface area contributed by atoms with E-state index < -0.39 is 0 Å². The first kappa shape index (κ1) is 21.3. The highest BCUT2D eigenvalue weighted by molar-refractivity contribution is 9.08. The van der Waals surface area contributed by atoms with Crippen LogP contribution in [0.2, 0.25) is 0 Å². The van der Waals surface area contributed by atoms with Gasteiger partial charge in [0.2, 0.25) is 0 Å². The van der Waals surface area contributed by atoms with Gasteiger partial charge in [-0.05, 0) is 60.0 Å². The van der Waals surface area contributed by atoms with Gasteiger partial charge in [-0.15, -0.1) is 0 Å². The summed E-state index contributed by atoms with van der Waals surface area (Å²) in [5, 5.41) is 7.69. The summed E-state index contributed by atoms with van der Waals surface area (Å²) in [5.74, 6) is 1.43.